The molecule has 3 nitrogen and oxygen atoms in total. The molecule has 0 saturated heterocycles. The third kappa shape index (κ3) is 4.65. The Bertz CT molecular complexity index is 176. The average Bonchev–Trinajstić information content (AvgIpc) is 2.18. The van der Waals surface area contributed by atoms with Gasteiger partial charge in [0.15, 0.2) is 0 Å². The molecule has 0 aromatic heterocycles. The smallest absolute Gasteiger partial charge is 0.321 e. The van der Waals surface area contributed by atoms with Crippen LogP contribution in [0.15, 0.2) is 0 Å². The fourth-order valence-electron chi connectivity index (χ4n) is 1.95. The summed E-state index contributed by atoms with van der Waals surface area (Å²) in [7, 11) is 0. The maximum absolute atomic E-state index is 11.2. The first-order valence-electron chi connectivity index (χ1n) is 6.05. The van der Waals surface area contributed by atoms with Crippen LogP contribution >= 0.6 is 0 Å². The molecule has 0 radical (unpaired) electrons. The first-order valence-corrected chi connectivity index (χ1v) is 6.05. The Labute approximate surface area is 93.5 Å². The summed E-state index contributed by atoms with van der Waals surface area (Å²) >= 11 is 0. The number of nitrogens with zero attached hydrogens (tertiary/aromatic N) is 1. The first-order chi connectivity index (χ1) is 7.08. The van der Waals surface area contributed by atoms with Crippen molar-refractivity contribution in [2.24, 2.45) is 5.92 Å². The van der Waals surface area contributed by atoms with Gasteiger partial charge in [0, 0.05) is 0 Å². The number of carboxylic acid groups (broad SMARTS) is 1. The molecule has 1 N–H and O–H groups in total. The molecular weight excluding hydrogens is 190 g/mol. The molecule has 2 atom stereocenters. The van der Waals surface area contributed by atoms with Gasteiger partial charge in [-0.25, -0.2) is 0 Å². The molecule has 0 spiro atoms. The fourth-order valence-corrected chi connectivity index (χ4v) is 1.95. The van der Waals surface area contributed by atoms with Crippen LogP contribution in [0.4, 0.5) is 0 Å². The molecule has 0 bridgehead atoms. The Morgan fingerprint density at radius 2 is 1.67 bits per heavy atom. The van der Waals surface area contributed by atoms with Crippen molar-refractivity contribution in [3.8, 4) is 0 Å². The molecular formula is C12H25NO2. The monoisotopic (exact) mass is 215 g/mol. The molecule has 15 heavy (non-hydrogen) atoms. The number of aliphatic carboxylic acids is 1. The van der Waals surface area contributed by atoms with Gasteiger partial charge in [-0.2, -0.15) is 0 Å². The Morgan fingerprint density at radius 3 is 1.93 bits per heavy atom. The predicted molar refractivity (Wildman–Crippen MR) is 63.0 cm³/mol. The van der Waals surface area contributed by atoms with Gasteiger partial charge in [0.05, 0.1) is 0 Å². The van der Waals surface area contributed by atoms with Crippen LogP contribution in [0.5, 0.6) is 0 Å². The lowest BCUT2D eigenvalue weighted by Gasteiger charge is -2.31. The fraction of sp³-hybridized carbons (Fsp3) is 0.917. The molecule has 0 aromatic carbocycles. The van der Waals surface area contributed by atoms with Gasteiger partial charge in [-0.15, -0.1) is 0 Å². The highest BCUT2D eigenvalue weighted by atomic mass is 16.4. The van der Waals surface area contributed by atoms with Crippen LogP contribution in [0.1, 0.15) is 47.0 Å². The summed E-state index contributed by atoms with van der Waals surface area (Å²) in [6.07, 6.45) is 2.95. The predicted octanol–water partition coefficient (Wildman–Crippen LogP) is 2.61. The van der Waals surface area contributed by atoms with E-state index in [4.69, 9.17) is 0 Å². The number of hydrogen-bond acceptors (Lipinski definition) is 2. The summed E-state index contributed by atoms with van der Waals surface area (Å²) in [5.74, 6) is -0.452. The van der Waals surface area contributed by atoms with Crippen LogP contribution in [-0.2, 0) is 4.79 Å². The van der Waals surface area contributed by atoms with E-state index in [1.165, 1.54) is 0 Å². The summed E-state index contributed by atoms with van der Waals surface area (Å²) < 4.78 is 0. The van der Waals surface area contributed by atoms with Crippen LogP contribution in [0.25, 0.3) is 0 Å². The van der Waals surface area contributed by atoms with Crippen LogP contribution < -0.4 is 0 Å². The molecule has 0 saturated carbocycles. The second-order valence-electron chi connectivity index (χ2n) is 4.20. The molecule has 0 amide bonds. The molecule has 90 valence electrons. The van der Waals surface area contributed by atoms with Crippen molar-refractivity contribution >= 4 is 5.97 Å². The van der Waals surface area contributed by atoms with Gasteiger partial charge < -0.3 is 5.11 Å². The van der Waals surface area contributed by atoms with Crippen LogP contribution in [0.3, 0.4) is 0 Å². The quantitative estimate of drug-likeness (QED) is 0.676. The van der Waals surface area contributed by atoms with E-state index in [9.17, 15) is 9.90 Å². The molecule has 0 aliphatic carbocycles. The summed E-state index contributed by atoms with van der Waals surface area (Å²) in [6.45, 7) is 10.0. The highest BCUT2D eigenvalue weighted by Gasteiger charge is 2.28. The third-order valence-corrected chi connectivity index (χ3v) is 2.85. The van der Waals surface area contributed by atoms with Crippen molar-refractivity contribution in [2.45, 2.75) is 53.0 Å². The van der Waals surface area contributed by atoms with Crippen LogP contribution in [0.2, 0.25) is 0 Å². The zero-order valence-electron chi connectivity index (χ0n) is 10.5. The molecule has 0 aliphatic heterocycles. The number of hydrogen-bond donors (Lipinski definition) is 1. The minimum atomic E-state index is -0.675. The van der Waals surface area contributed by atoms with Crippen molar-refractivity contribution in [3.63, 3.8) is 0 Å². The summed E-state index contributed by atoms with van der Waals surface area (Å²) in [5.41, 5.74) is 0. The minimum absolute atomic E-state index is 0.223. The highest BCUT2D eigenvalue weighted by molar-refractivity contribution is 5.73. The number of rotatable bonds is 8. The highest BCUT2D eigenvalue weighted by Crippen LogP contribution is 2.16. The largest absolute Gasteiger partial charge is 0.480 e. The Kier molecular flexibility index (Phi) is 7.39. The van der Waals surface area contributed by atoms with Gasteiger partial charge in [0.2, 0.25) is 0 Å². The molecule has 0 heterocycles. The topological polar surface area (TPSA) is 40.5 Å². The van der Waals surface area contributed by atoms with Crippen molar-refractivity contribution < 1.29 is 9.90 Å². The average molecular weight is 215 g/mol. The van der Waals surface area contributed by atoms with Gasteiger partial charge in [0.25, 0.3) is 0 Å². The summed E-state index contributed by atoms with van der Waals surface area (Å²) in [6, 6.07) is -0.310. The molecule has 0 rings (SSSR count). The Hall–Kier alpha value is -0.570. The van der Waals surface area contributed by atoms with E-state index < -0.39 is 5.97 Å². The Morgan fingerprint density at radius 1 is 1.20 bits per heavy atom. The zero-order valence-corrected chi connectivity index (χ0v) is 10.5. The zero-order chi connectivity index (χ0) is 11.8. The SMILES string of the molecule is CCCN(CCC)C(C(=O)O)C(C)CC. The minimum Gasteiger partial charge on any atom is -0.480 e. The summed E-state index contributed by atoms with van der Waals surface area (Å²) in [5, 5.41) is 9.26. The second-order valence-corrected chi connectivity index (χ2v) is 4.20. The van der Waals surface area contributed by atoms with E-state index in [1.807, 2.05) is 6.92 Å². The maximum Gasteiger partial charge on any atom is 0.321 e. The Balaban J connectivity index is 4.58. The van der Waals surface area contributed by atoms with E-state index in [0.717, 1.165) is 32.4 Å². The van der Waals surface area contributed by atoms with Gasteiger partial charge >= 0.3 is 5.97 Å². The van der Waals surface area contributed by atoms with E-state index in [-0.39, 0.29) is 12.0 Å². The van der Waals surface area contributed by atoms with Crippen LogP contribution in [-0.4, -0.2) is 35.1 Å². The van der Waals surface area contributed by atoms with Crippen molar-refractivity contribution in [2.75, 3.05) is 13.1 Å². The van der Waals surface area contributed by atoms with Crippen molar-refractivity contribution in [3.05, 3.63) is 0 Å². The standard InChI is InChI=1S/C12H25NO2/c1-5-8-13(9-6-2)11(12(14)15)10(4)7-3/h10-11H,5-9H2,1-4H3,(H,14,15). The normalized spacial score (nSPS) is 15.3. The summed E-state index contributed by atoms with van der Waals surface area (Å²) in [4.78, 5) is 13.4. The van der Waals surface area contributed by atoms with Gasteiger partial charge in [-0.1, -0.05) is 34.1 Å². The second kappa shape index (κ2) is 7.69. The molecule has 3 heteroatoms. The van der Waals surface area contributed by atoms with Gasteiger partial charge in [-0.05, 0) is 31.8 Å². The lowest BCUT2D eigenvalue weighted by Crippen LogP contribution is -2.46. The first kappa shape index (κ1) is 14.4. The van der Waals surface area contributed by atoms with Crippen LogP contribution in [0, 0.1) is 5.92 Å². The molecule has 2 unspecified atom stereocenters. The van der Waals surface area contributed by atoms with E-state index >= 15 is 0 Å². The van der Waals surface area contributed by atoms with Gasteiger partial charge in [0.1, 0.15) is 6.04 Å². The van der Waals surface area contributed by atoms with Gasteiger partial charge in [-0.3, -0.25) is 9.69 Å². The lowest BCUT2D eigenvalue weighted by molar-refractivity contribution is -0.145. The molecule has 0 aliphatic rings. The van der Waals surface area contributed by atoms with E-state index in [2.05, 4.69) is 25.7 Å². The lowest BCUT2D eigenvalue weighted by atomic mass is 9.97. The molecule has 0 aromatic rings. The third-order valence-electron chi connectivity index (χ3n) is 2.85. The number of carboxylic acids is 1. The maximum atomic E-state index is 11.2. The molecule has 0 fully saturated rings. The van der Waals surface area contributed by atoms with E-state index in [0.29, 0.717) is 0 Å². The van der Waals surface area contributed by atoms with E-state index in [1.54, 1.807) is 0 Å². The number of carbonyl (C=O) groups is 1. The van der Waals surface area contributed by atoms with Crippen molar-refractivity contribution in [1.82, 2.24) is 4.90 Å². The van der Waals surface area contributed by atoms with Crippen molar-refractivity contribution in [1.29, 1.82) is 0 Å².